The number of nitrogens with zero attached hydrogens (tertiary/aromatic N) is 1. The van der Waals surface area contributed by atoms with Crippen LogP contribution in [0.15, 0.2) is 0 Å². The van der Waals surface area contributed by atoms with Gasteiger partial charge in [0.1, 0.15) is 0 Å². The number of rotatable bonds is 4. The molecule has 0 aromatic rings. The molecule has 2 atom stereocenters. The first-order valence-corrected chi connectivity index (χ1v) is 6.17. The third kappa shape index (κ3) is 4.24. The zero-order chi connectivity index (χ0) is 13.0. The summed E-state index contributed by atoms with van der Waals surface area (Å²) in [7, 11) is 0. The first kappa shape index (κ1) is 13.8. The molecule has 2 unspecified atom stereocenters. The molecule has 5 heteroatoms. The Balaban J connectivity index is 2.36. The zero-order valence-corrected chi connectivity index (χ0v) is 10.8. The minimum atomic E-state index is -0.890. The molecule has 1 aliphatic rings. The summed E-state index contributed by atoms with van der Waals surface area (Å²) in [4.78, 5) is 24.1. The number of carboxylic acids is 1. The smallest absolute Gasteiger partial charge is 0.317 e. The summed E-state index contributed by atoms with van der Waals surface area (Å²) in [6, 6.07) is -0.458. The number of carbonyl (C=O) groups excluding carboxylic acids is 1. The molecule has 98 valence electrons. The number of urea groups is 1. The minimum absolute atomic E-state index is 0.0345. The van der Waals surface area contributed by atoms with E-state index >= 15 is 0 Å². The van der Waals surface area contributed by atoms with E-state index in [2.05, 4.69) is 19.2 Å². The predicted molar refractivity (Wildman–Crippen MR) is 64.8 cm³/mol. The van der Waals surface area contributed by atoms with Gasteiger partial charge in [0.15, 0.2) is 0 Å². The molecule has 0 aliphatic carbocycles. The average Bonchev–Trinajstić information content (AvgIpc) is 2.64. The third-order valence-corrected chi connectivity index (χ3v) is 3.31. The Morgan fingerprint density at radius 2 is 2.06 bits per heavy atom. The van der Waals surface area contributed by atoms with Crippen molar-refractivity contribution in [1.29, 1.82) is 0 Å². The van der Waals surface area contributed by atoms with Crippen LogP contribution in [0.4, 0.5) is 4.79 Å². The van der Waals surface area contributed by atoms with E-state index in [4.69, 9.17) is 5.11 Å². The second-order valence-electron chi connectivity index (χ2n) is 5.19. The number of amides is 2. The van der Waals surface area contributed by atoms with Crippen molar-refractivity contribution < 1.29 is 14.7 Å². The molecule has 1 rings (SSSR count). The zero-order valence-electron chi connectivity index (χ0n) is 10.8. The minimum Gasteiger partial charge on any atom is -0.481 e. The number of nitrogens with one attached hydrogen (secondary N) is 1. The number of aliphatic carboxylic acids is 1. The van der Waals surface area contributed by atoms with Crippen LogP contribution < -0.4 is 5.32 Å². The van der Waals surface area contributed by atoms with E-state index in [9.17, 15) is 9.59 Å². The van der Waals surface area contributed by atoms with E-state index in [0.717, 1.165) is 19.5 Å². The summed E-state index contributed by atoms with van der Waals surface area (Å²) < 4.78 is 0. The van der Waals surface area contributed by atoms with Crippen molar-refractivity contribution in [2.75, 3.05) is 13.1 Å². The van der Waals surface area contributed by atoms with Gasteiger partial charge in [-0.3, -0.25) is 4.79 Å². The quantitative estimate of drug-likeness (QED) is 0.785. The maximum Gasteiger partial charge on any atom is 0.317 e. The number of likely N-dealkylation sites (tertiary alicyclic amines) is 1. The highest BCUT2D eigenvalue weighted by Crippen LogP contribution is 2.23. The van der Waals surface area contributed by atoms with Gasteiger partial charge in [0.25, 0.3) is 0 Å². The molecule has 1 heterocycles. The van der Waals surface area contributed by atoms with E-state index in [1.807, 2.05) is 0 Å². The van der Waals surface area contributed by atoms with Crippen LogP contribution in [0.1, 0.15) is 33.6 Å². The monoisotopic (exact) mass is 242 g/mol. The molecule has 1 saturated heterocycles. The number of carbonyl (C=O) groups is 2. The van der Waals surface area contributed by atoms with Crippen LogP contribution in [0.2, 0.25) is 0 Å². The molecule has 0 radical (unpaired) electrons. The predicted octanol–water partition coefficient (Wildman–Crippen LogP) is 1.54. The van der Waals surface area contributed by atoms with E-state index in [0.29, 0.717) is 11.8 Å². The normalized spacial score (nSPS) is 21.6. The molecule has 1 fully saturated rings. The molecule has 0 saturated carbocycles. The summed E-state index contributed by atoms with van der Waals surface area (Å²) in [5.74, 6) is 0.263. The molecule has 5 nitrogen and oxygen atoms in total. The van der Waals surface area contributed by atoms with Crippen LogP contribution in [-0.4, -0.2) is 41.1 Å². The van der Waals surface area contributed by atoms with E-state index < -0.39 is 5.97 Å². The molecule has 1 aliphatic heterocycles. The van der Waals surface area contributed by atoms with Gasteiger partial charge in [0, 0.05) is 19.1 Å². The number of hydrogen-bond donors (Lipinski definition) is 2. The van der Waals surface area contributed by atoms with Gasteiger partial charge in [-0.2, -0.15) is 0 Å². The van der Waals surface area contributed by atoms with Gasteiger partial charge < -0.3 is 15.3 Å². The van der Waals surface area contributed by atoms with Crippen molar-refractivity contribution in [3.8, 4) is 0 Å². The molecule has 0 spiro atoms. The van der Waals surface area contributed by atoms with Gasteiger partial charge in [-0.1, -0.05) is 13.8 Å². The summed E-state index contributed by atoms with van der Waals surface area (Å²) in [5, 5.41) is 11.3. The van der Waals surface area contributed by atoms with Crippen molar-refractivity contribution >= 4 is 12.0 Å². The van der Waals surface area contributed by atoms with E-state index in [1.165, 1.54) is 0 Å². The molecule has 2 N–H and O–H groups in total. The van der Waals surface area contributed by atoms with E-state index in [1.54, 1.807) is 11.8 Å². The standard InChI is InChI=1S/C12H22N2O3/c1-8(2)10-4-5-14(7-10)12(17)13-9(3)6-11(15)16/h8-10H,4-7H2,1-3H3,(H,13,17)(H,15,16). The molecule has 2 amide bonds. The topological polar surface area (TPSA) is 69.6 Å². The fourth-order valence-corrected chi connectivity index (χ4v) is 2.13. The summed E-state index contributed by atoms with van der Waals surface area (Å²) >= 11 is 0. The largest absolute Gasteiger partial charge is 0.481 e. The van der Waals surface area contributed by atoms with Crippen molar-refractivity contribution in [2.24, 2.45) is 11.8 Å². The van der Waals surface area contributed by atoms with Gasteiger partial charge in [-0.25, -0.2) is 4.79 Å². The van der Waals surface area contributed by atoms with Crippen LogP contribution in [0.3, 0.4) is 0 Å². The van der Waals surface area contributed by atoms with Crippen molar-refractivity contribution in [2.45, 2.75) is 39.7 Å². The Labute approximate surface area is 102 Å². The van der Waals surface area contributed by atoms with Crippen molar-refractivity contribution in [1.82, 2.24) is 10.2 Å². The average molecular weight is 242 g/mol. The third-order valence-electron chi connectivity index (χ3n) is 3.31. The van der Waals surface area contributed by atoms with Crippen LogP contribution in [-0.2, 0) is 4.79 Å². The maximum absolute atomic E-state index is 11.8. The Bertz CT molecular complexity index is 291. The molecular formula is C12H22N2O3. The molecule has 17 heavy (non-hydrogen) atoms. The Hall–Kier alpha value is -1.26. The first-order chi connectivity index (χ1) is 7.90. The van der Waals surface area contributed by atoms with Crippen LogP contribution in [0, 0.1) is 11.8 Å². The number of carboxylic acid groups (broad SMARTS) is 1. The maximum atomic E-state index is 11.8. The Morgan fingerprint density at radius 1 is 1.41 bits per heavy atom. The lowest BCUT2D eigenvalue weighted by Crippen LogP contribution is -2.43. The first-order valence-electron chi connectivity index (χ1n) is 6.17. The van der Waals surface area contributed by atoms with Gasteiger partial charge in [0.2, 0.25) is 0 Å². The Kier molecular flexibility index (Phi) is 4.78. The molecular weight excluding hydrogens is 220 g/mol. The van der Waals surface area contributed by atoms with Gasteiger partial charge >= 0.3 is 12.0 Å². The molecule has 0 aromatic heterocycles. The van der Waals surface area contributed by atoms with Crippen LogP contribution in [0.25, 0.3) is 0 Å². The highest BCUT2D eigenvalue weighted by molar-refractivity contribution is 5.76. The summed E-state index contributed by atoms with van der Waals surface area (Å²) in [6.45, 7) is 7.60. The molecule has 0 bridgehead atoms. The highest BCUT2D eigenvalue weighted by Gasteiger charge is 2.28. The summed E-state index contributed by atoms with van der Waals surface area (Å²) in [5.41, 5.74) is 0. The van der Waals surface area contributed by atoms with Crippen molar-refractivity contribution in [3.05, 3.63) is 0 Å². The van der Waals surface area contributed by atoms with Gasteiger partial charge in [-0.15, -0.1) is 0 Å². The lowest BCUT2D eigenvalue weighted by Gasteiger charge is -2.21. The fraction of sp³-hybridized carbons (Fsp3) is 0.833. The molecule has 0 aromatic carbocycles. The lowest BCUT2D eigenvalue weighted by molar-refractivity contribution is -0.137. The van der Waals surface area contributed by atoms with Gasteiger partial charge in [0.05, 0.1) is 6.42 Å². The number of hydrogen-bond acceptors (Lipinski definition) is 2. The second kappa shape index (κ2) is 5.89. The SMILES string of the molecule is CC(CC(=O)O)NC(=O)N1CCC(C(C)C)C1. The highest BCUT2D eigenvalue weighted by atomic mass is 16.4. The summed E-state index contributed by atoms with van der Waals surface area (Å²) in [6.07, 6.45) is 1.01. The van der Waals surface area contributed by atoms with Crippen LogP contribution >= 0.6 is 0 Å². The Morgan fingerprint density at radius 3 is 2.53 bits per heavy atom. The lowest BCUT2D eigenvalue weighted by atomic mass is 9.95. The fourth-order valence-electron chi connectivity index (χ4n) is 2.13. The van der Waals surface area contributed by atoms with E-state index in [-0.39, 0.29) is 18.5 Å². The van der Waals surface area contributed by atoms with Gasteiger partial charge in [-0.05, 0) is 25.2 Å². The van der Waals surface area contributed by atoms with Crippen LogP contribution in [0.5, 0.6) is 0 Å². The second-order valence-corrected chi connectivity index (χ2v) is 5.19. The van der Waals surface area contributed by atoms with Crippen molar-refractivity contribution in [3.63, 3.8) is 0 Å².